The van der Waals surface area contributed by atoms with Gasteiger partial charge in [-0.25, -0.2) is 9.97 Å². The van der Waals surface area contributed by atoms with Crippen molar-refractivity contribution in [1.29, 1.82) is 0 Å². The zero-order valence-corrected chi connectivity index (χ0v) is 19.0. The molecule has 7 heteroatoms. The summed E-state index contributed by atoms with van der Waals surface area (Å²) >= 11 is 0. The molecule has 0 atom stereocenters. The van der Waals surface area contributed by atoms with Crippen molar-refractivity contribution in [2.75, 3.05) is 19.8 Å². The third kappa shape index (κ3) is 4.68. The predicted octanol–water partition coefficient (Wildman–Crippen LogP) is 4.28. The number of pyridine rings is 1. The maximum atomic E-state index is 12.9. The monoisotopic (exact) mass is 444 g/mol. The Morgan fingerprint density at radius 3 is 2.67 bits per heavy atom. The highest BCUT2D eigenvalue weighted by molar-refractivity contribution is 5.95. The number of aromatic nitrogens is 3. The van der Waals surface area contributed by atoms with Gasteiger partial charge in [-0.05, 0) is 48.4 Å². The lowest BCUT2D eigenvalue weighted by Crippen LogP contribution is -2.32. The third-order valence-electron chi connectivity index (χ3n) is 6.31. The number of amides is 1. The molecule has 1 aliphatic rings. The van der Waals surface area contributed by atoms with Crippen LogP contribution in [0.4, 0.5) is 0 Å². The molecule has 1 aliphatic heterocycles. The van der Waals surface area contributed by atoms with E-state index < -0.39 is 0 Å². The summed E-state index contributed by atoms with van der Waals surface area (Å²) in [6, 6.07) is 12.3. The van der Waals surface area contributed by atoms with Crippen LogP contribution in [0, 0.1) is 12.8 Å². The van der Waals surface area contributed by atoms with Gasteiger partial charge in [0.05, 0.1) is 0 Å². The van der Waals surface area contributed by atoms with E-state index in [2.05, 4.69) is 45.6 Å². The van der Waals surface area contributed by atoms with E-state index in [1.807, 2.05) is 30.8 Å². The lowest BCUT2D eigenvalue weighted by Gasteiger charge is -2.22. The van der Waals surface area contributed by atoms with Gasteiger partial charge in [0.1, 0.15) is 23.3 Å². The summed E-state index contributed by atoms with van der Waals surface area (Å²) in [5, 5.41) is 4.15. The quantitative estimate of drug-likeness (QED) is 0.480. The molecule has 1 N–H and O–H groups in total. The van der Waals surface area contributed by atoms with Crippen molar-refractivity contribution in [3.8, 4) is 11.3 Å². The Hall–Kier alpha value is -3.45. The van der Waals surface area contributed by atoms with E-state index in [1.54, 1.807) is 6.26 Å². The number of oxazole rings is 1. The van der Waals surface area contributed by atoms with Gasteiger partial charge < -0.3 is 19.0 Å². The number of hydrogen-bond donors (Lipinski definition) is 1. The maximum Gasteiger partial charge on any atom is 0.269 e. The summed E-state index contributed by atoms with van der Waals surface area (Å²) in [4.78, 5) is 22.0. The van der Waals surface area contributed by atoms with Gasteiger partial charge in [0, 0.05) is 50.9 Å². The summed E-state index contributed by atoms with van der Waals surface area (Å²) in [7, 11) is 1.96. The van der Waals surface area contributed by atoms with Crippen LogP contribution in [0.1, 0.15) is 40.3 Å². The molecule has 0 unspecified atom stereocenters. The molecule has 5 rings (SSSR count). The molecule has 1 fully saturated rings. The fourth-order valence-corrected chi connectivity index (χ4v) is 4.35. The second-order valence-corrected chi connectivity index (χ2v) is 8.72. The van der Waals surface area contributed by atoms with Gasteiger partial charge >= 0.3 is 0 Å². The number of rotatable bonds is 6. The van der Waals surface area contributed by atoms with Crippen molar-refractivity contribution in [3.63, 3.8) is 0 Å². The van der Waals surface area contributed by atoms with Crippen molar-refractivity contribution in [1.82, 2.24) is 19.9 Å². The molecular weight excluding hydrogens is 416 g/mol. The van der Waals surface area contributed by atoms with Gasteiger partial charge in [-0.3, -0.25) is 4.79 Å². The molecule has 3 aromatic heterocycles. The van der Waals surface area contributed by atoms with E-state index in [-0.39, 0.29) is 5.91 Å². The Morgan fingerprint density at radius 1 is 1.15 bits per heavy atom. The standard InChI is InChI=1S/C26H28N4O3/c1-17-28-24(16-33-17)20-5-3-18(4-6-20)13-21-14-23(29-25-22(21)7-10-30(25)2)26(31)27-15-19-8-11-32-12-9-19/h3-7,10,14,16,19H,8-9,11-13,15H2,1-2H3,(H,27,31). The number of ether oxygens (including phenoxy) is 1. The van der Waals surface area contributed by atoms with E-state index in [0.717, 1.165) is 59.5 Å². The number of nitrogens with one attached hydrogen (secondary N) is 1. The SMILES string of the molecule is Cc1nc(-c2ccc(Cc3cc(C(=O)NCC4CCOCC4)nc4c3ccn4C)cc2)co1. The van der Waals surface area contributed by atoms with Crippen molar-refractivity contribution in [2.24, 2.45) is 13.0 Å². The molecule has 33 heavy (non-hydrogen) atoms. The average Bonchev–Trinajstić information content (AvgIpc) is 3.44. The summed E-state index contributed by atoms with van der Waals surface area (Å²) in [5.41, 5.74) is 5.37. The minimum atomic E-state index is -0.123. The van der Waals surface area contributed by atoms with Crippen molar-refractivity contribution in [2.45, 2.75) is 26.2 Å². The number of benzene rings is 1. The Kier molecular flexibility index (Phi) is 5.96. The molecule has 1 amide bonds. The summed E-state index contributed by atoms with van der Waals surface area (Å²) in [6.45, 7) is 4.04. The van der Waals surface area contributed by atoms with E-state index >= 15 is 0 Å². The second-order valence-electron chi connectivity index (χ2n) is 8.72. The largest absolute Gasteiger partial charge is 0.449 e. The van der Waals surface area contributed by atoms with E-state index in [1.165, 1.54) is 0 Å². The van der Waals surface area contributed by atoms with Gasteiger partial charge in [0.2, 0.25) is 0 Å². The smallest absolute Gasteiger partial charge is 0.269 e. The number of carbonyl (C=O) groups is 1. The van der Waals surface area contributed by atoms with Crippen molar-refractivity contribution >= 4 is 16.9 Å². The van der Waals surface area contributed by atoms with Gasteiger partial charge in [0.25, 0.3) is 5.91 Å². The molecule has 1 aromatic carbocycles. The number of aryl methyl sites for hydroxylation is 2. The average molecular weight is 445 g/mol. The third-order valence-corrected chi connectivity index (χ3v) is 6.31. The molecule has 0 spiro atoms. The van der Waals surface area contributed by atoms with Crippen LogP contribution in [-0.2, 0) is 18.2 Å². The van der Waals surface area contributed by atoms with Gasteiger partial charge in [-0.2, -0.15) is 0 Å². The first kappa shape index (κ1) is 21.4. The molecule has 170 valence electrons. The zero-order valence-electron chi connectivity index (χ0n) is 19.0. The molecule has 7 nitrogen and oxygen atoms in total. The Balaban J connectivity index is 1.37. The summed E-state index contributed by atoms with van der Waals surface area (Å²) in [6.07, 6.45) is 6.34. The molecule has 1 saturated heterocycles. The summed E-state index contributed by atoms with van der Waals surface area (Å²) < 4.78 is 12.7. The first-order valence-electron chi connectivity index (χ1n) is 11.4. The Bertz CT molecular complexity index is 1270. The van der Waals surface area contributed by atoms with Gasteiger partial charge in [-0.15, -0.1) is 0 Å². The van der Waals surface area contributed by atoms with Crippen LogP contribution in [0.15, 0.2) is 53.3 Å². The predicted molar refractivity (Wildman–Crippen MR) is 126 cm³/mol. The minimum absolute atomic E-state index is 0.123. The number of nitrogens with zero attached hydrogens (tertiary/aromatic N) is 3. The first-order chi connectivity index (χ1) is 16.1. The number of hydrogen-bond acceptors (Lipinski definition) is 5. The normalized spacial score (nSPS) is 14.6. The lowest BCUT2D eigenvalue weighted by atomic mass is 9.99. The molecule has 0 saturated carbocycles. The van der Waals surface area contributed by atoms with Crippen LogP contribution >= 0.6 is 0 Å². The highest BCUT2D eigenvalue weighted by Gasteiger charge is 2.18. The van der Waals surface area contributed by atoms with Crippen LogP contribution in [0.5, 0.6) is 0 Å². The topological polar surface area (TPSA) is 82.2 Å². The van der Waals surface area contributed by atoms with Crippen LogP contribution in [0.25, 0.3) is 22.3 Å². The zero-order chi connectivity index (χ0) is 22.8. The maximum absolute atomic E-state index is 12.9. The van der Waals surface area contributed by atoms with E-state index in [4.69, 9.17) is 9.15 Å². The van der Waals surface area contributed by atoms with E-state index in [0.29, 0.717) is 30.5 Å². The van der Waals surface area contributed by atoms with Crippen LogP contribution < -0.4 is 5.32 Å². The summed E-state index contributed by atoms with van der Waals surface area (Å²) in [5.74, 6) is 0.996. The van der Waals surface area contributed by atoms with Crippen LogP contribution in [0.3, 0.4) is 0 Å². The Morgan fingerprint density at radius 2 is 1.94 bits per heavy atom. The minimum Gasteiger partial charge on any atom is -0.449 e. The van der Waals surface area contributed by atoms with Crippen LogP contribution in [-0.4, -0.2) is 40.2 Å². The fourth-order valence-electron chi connectivity index (χ4n) is 4.35. The van der Waals surface area contributed by atoms with Gasteiger partial charge in [0.15, 0.2) is 5.89 Å². The molecule has 0 radical (unpaired) electrons. The fraction of sp³-hybridized carbons (Fsp3) is 0.346. The van der Waals surface area contributed by atoms with Gasteiger partial charge in [-0.1, -0.05) is 24.3 Å². The molecule has 4 aromatic rings. The highest BCUT2D eigenvalue weighted by Crippen LogP contribution is 2.24. The number of fused-ring (bicyclic) bond motifs is 1. The molecule has 0 aliphatic carbocycles. The first-order valence-corrected chi connectivity index (χ1v) is 11.4. The highest BCUT2D eigenvalue weighted by atomic mass is 16.5. The van der Waals surface area contributed by atoms with Crippen LogP contribution in [0.2, 0.25) is 0 Å². The number of carbonyl (C=O) groups excluding carboxylic acids is 1. The van der Waals surface area contributed by atoms with Crippen molar-refractivity contribution < 1.29 is 13.9 Å². The Labute approximate surface area is 192 Å². The molecule has 4 heterocycles. The molecular formula is C26H28N4O3. The van der Waals surface area contributed by atoms with E-state index in [9.17, 15) is 4.79 Å². The lowest BCUT2D eigenvalue weighted by molar-refractivity contribution is 0.0642. The second kappa shape index (κ2) is 9.19. The van der Waals surface area contributed by atoms with Crippen molar-refractivity contribution in [3.05, 3.63) is 71.6 Å². The molecule has 0 bridgehead atoms.